The van der Waals surface area contributed by atoms with Crippen molar-refractivity contribution in [2.75, 3.05) is 64.2 Å². The van der Waals surface area contributed by atoms with Crippen LogP contribution >= 0.6 is 0 Å². The molecule has 7 rings (SSSR count). The standard InChI is InChI=1S/C34H45N9O3/c44-32(41-14-10-28(11-15-41)43-18-7-25-3-1-2-4-29(25)36-34(43)46)23-26(21-24-5-6-30-31(22-24)38-39-37-30)33(45)42-16-8-27(9-17-42)40-19-12-35-13-20-40/h1-6,22,26-28,35H,7-21,23H2,(H,36,46)(H,37,38,39). The summed E-state index contributed by atoms with van der Waals surface area (Å²) >= 11 is 0. The average Bonchev–Trinajstić information content (AvgIpc) is 3.50. The number of aromatic amines is 1. The number of piperidine rings is 2. The minimum Gasteiger partial charge on any atom is -0.343 e. The molecule has 3 fully saturated rings. The number of hydrogen-bond donors (Lipinski definition) is 3. The third-order valence-corrected chi connectivity index (χ3v) is 10.5. The molecule has 244 valence electrons. The number of carbonyl (C=O) groups excluding carboxylic acids is 3. The van der Waals surface area contributed by atoms with Crippen molar-refractivity contribution in [3.63, 3.8) is 0 Å². The molecule has 3 saturated heterocycles. The van der Waals surface area contributed by atoms with Crippen molar-refractivity contribution < 1.29 is 14.4 Å². The van der Waals surface area contributed by atoms with Gasteiger partial charge in [-0.15, -0.1) is 0 Å². The van der Waals surface area contributed by atoms with Crippen molar-refractivity contribution in [3.8, 4) is 0 Å². The monoisotopic (exact) mass is 627 g/mol. The molecule has 4 amide bonds. The lowest BCUT2D eigenvalue weighted by Gasteiger charge is -2.41. The number of urea groups is 1. The molecular weight excluding hydrogens is 582 g/mol. The minimum absolute atomic E-state index is 0.0164. The predicted molar refractivity (Wildman–Crippen MR) is 175 cm³/mol. The zero-order valence-electron chi connectivity index (χ0n) is 26.5. The molecule has 1 unspecified atom stereocenters. The SMILES string of the molecule is O=C(CC(Cc1ccc2n[nH]nc2c1)C(=O)N1CCC(N2CCNCC2)CC1)N1CCC(N2CCc3ccccc3NC2=O)CC1. The Morgan fingerprint density at radius 3 is 2.35 bits per heavy atom. The van der Waals surface area contributed by atoms with E-state index >= 15 is 0 Å². The van der Waals surface area contributed by atoms with Crippen LogP contribution in [0, 0.1) is 5.92 Å². The zero-order valence-corrected chi connectivity index (χ0v) is 26.5. The molecule has 4 aliphatic rings. The highest BCUT2D eigenvalue weighted by molar-refractivity contribution is 5.91. The molecule has 2 aromatic carbocycles. The van der Waals surface area contributed by atoms with Crippen molar-refractivity contribution in [2.24, 2.45) is 5.92 Å². The topological polar surface area (TPSA) is 130 Å². The van der Waals surface area contributed by atoms with E-state index in [0.29, 0.717) is 32.1 Å². The van der Waals surface area contributed by atoms with E-state index in [0.717, 1.165) is 99.2 Å². The number of benzene rings is 2. The Labute approximate surface area is 269 Å². The van der Waals surface area contributed by atoms with Gasteiger partial charge in [0.25, 0.3) is 0 Å². The number of fused-ring (bicyclic) bond motifs is 2. The summed E-state index contributed by atoms with van der Waals surface area (Å²) in [5.74, 6) is -0.356. The van der Waals surface area contributed by atoms with Crippen molar-refractivity contribution in [1.82, 2.24) is 40.3 Å². The molecule has 0 spiro atoms. The van der Waals surface area contributed by atoms with Gasteiger partial charge in [-0.1, -0.05) is 24.3 Å². The van der Waals surface area contributed by atoms with Crippen LogP contribution in [0.1, 0.15) is 43.2 Å². The Kier molecular flexibility index (Phi) is 9.16. The number of piperazine rings is 1. The van der Waals surface area contributed by atoms with Gasteiger partial charge in [0.1, 0.15) is 11.0 Å². The Hall–Kier alpha value is -4.03. The van der Waals surface area contributed by atoms with Gasteiger partial charge in [0.15, 0.2) is 0 Å². The number of nitrogens with zero attached hydrogens (tertiary/aromatic N) is 6. The van der Waals surface area contributed by atoms with Crippen LogP contribution in [0.3, 0.4) is 0 Å². The van der Waals surface area contributed by atoms with E-state index in [4.69, 9.17) is 0 Å². The van der Waals surface area contributed by atoms with Gasteiger partial charge < -0.3 is 25.3 Å². The molecule has 46 heavy (non-hydrogen) atoms. The molecule has 1 atom stereocenters. The zero-order chi connectivity index (χ0) is 31.5. The number of hydrogen-bond acceptors (Lipinski definition) is 7. The number of nitrogens with one attached hydrogen (secondary N) is 3. The van der Waals surface area contributed by atoms with Crippen molar-refractivity contribution in [1.29, 1.82) is 0 Å². The molecule has 1 aromatic heterocycles. The first-order chi connectivity index (χ1) is 22.5. The minimum atomic E-state index is -0.444. The summed E-state index contributed by atoms with van der Waals surface area (Å²) < 4.78 is 0. The summed E-state index contributed by atoms with van der Waals surface area (Å²) in [5, 5.41) is 17.6. The van der Waals surface area contributed by atoms with E-state index in [-0.39, 0.29) is 30.3 Å². The Morgan fingerprint density at radius 2 is 1.54 bits per heavy atom. The van der Waals surface area contributed by atoms with Gasteiger partial charge in [-0.3, -0.25) is 14.5 Å². The molecule has 12 heteroatoms. The maximum Gasteiger partial charge on any atom is 0.322 e. The van der Waals surface area contributed by atoms with Crippen molar-refractivity contribution >= 4 is 34.6 Å². The molecule has 0 aliphatic carbocycles. The van der Waals surface area contributed by atoms with Gasteiger partial charge in [-0.05, 0) is 67.9 Å². The van der Waals surface area contributed by atoms with Crippen LogP contribution in [0.25, 0.3) is 11.0 Å². The highest BCUT2D eigenvalue weighted by atomic mass is 16.2. The van der Waals surface area contributed by atoms with Gasteiger partial charge in [-0.25, -0.2) is 4.79 Å². The van der Waals surface area contributed by atoms with Crippen LogP contribution in [-0.4, -0.2) is 124 Å². The van der Waals surface area contributed by atoms with Crippen LogP contribution < -0.4 is 10.6 Å². The van der Waals surface area contributed by atoms with E-state index in [1.54, 1.807) is 0 Å². The first-order valence-corrected chi connectivity index (χ1v) is 17.0. The molecule has 5 heterocycles. The highest BCUT2D eigenvalue weighted by Gasteiger charge is 2.35. The number of H-pyrrole nitrogens is 1. The second-order valence-electron chi connectivity index (χ2n) is 13.2. The van der Waals surface area contributed by atoms with Crippen LogP contribution in [0.15, 0.2) is 42.5 Å². The van der Waals surface area contributed by atoms with E-state index < -0.39 is 5.92 Å². The van der Waals surface area contributed by atoms with E-state index in [1.165, 1.54) is 0 Å². The van der Waals surface area contributed by atoms with E-state index in [9.17, 15) is 14.4 Å². The largest absolute Gasteiger partial charge is 0.343 e. The average molecular weight is 628 g/mol. The van der Waals surface area contributed by atoms with Gasteiger partial charge in [0.2, 0.25) is 11.8 Å². The number of aromatic nitrogens is 3. The molecule has 3 aromatic rings. The molecule has 0 radical (unpaired) electrons. The van der Waals surface area contributed by atoms with Crippen LogP contribution in [-0.2, 0) is 22.4 Å². The highest BCUT2D eigenvalue weighted by Crippen LogP contribution is 2.27. The first kappa shape index (κ1) is 30.6. The van der Waals surface area contributed by atoms with Crippen molar-refractivity contribution in [3.05, 3.63) is 53.6 Å². The van der Waals surface area contributed by atoms with Crippen LogP contribution in [0.4, 0.5) is 10.5 Å². The lowest BCUT2D eigenvalue weighted by molar-refractivity contribution is -0.143. The van der Waals surface area contributed by atoms with E-state index in [2.05, 4.69) is 37.0 Å². The Bertz CT molecular complexity index is 1540. The summed E-state index contributed by atoms with van der Waals surface area (Å²) in [5.41, 5.74) is 4.55. The quantitative estimate of drug-likeness (QED) is 0.367. The summed E-state index contributed by atoms with van der Waals surface area (Å²) in [6, 6.07) is 14.4. The van der Waals surface area contributed by atoms with Gasteiger partial charge in [0.05, 0.1) is 5.92 Å². The summed E-state index contributed by atoms with van der Waals surface area (Å²) in [6.45, 7) is 7.47. The fraction of sp³-hybridized carbons (Fsp3) is 0.559. The van der Waals surface area contributed by atoms with E-state index in [1.807, 2.05) is 51.1 Å². The second kappa shape index (κ2) is 13.8. The van der Waals surface area contributed by atoms with Crippen LogP contribution in [0.5, 0.6) is 0 Å². The third kappa shape index (κ3) is 6.73. The molecule has 12 nitrogen and oxygen atoms in total. The maximum absolute atomic E-state index is 14.1. The number of carbonyl (C=O) groups is 3. The summed E-state index contributed by atoms with van der Waals surface area (Å²) in [4.78, 5) is 49.4. The summed E-state index contributed by atoms with van der Waals surface area (Å²) in [7, 11) is 0. The lowest BCUT2D eigenvalue weighted by atomic mass is 9.91. The van der Waals surface area contributed by atoms with Gasteiger partial charge >= 0.3 is 6.03 Å². The lowest BCUT2D eigenvalue weighted by Crippen LogP contribution is -2.53. The molecule has 0 saturated carbocycles. The first-order valence-electron chi connectivity index (χ1n) is 17.0. The fourth-order valence-corrected chi connectivity index (χ4v) is 7.81. The molecule has 4 aliphatic heterocycles. The summed E-state index contributed by atoms with van der Waals surface area (Å²) in [6.07, 6.45) is 4.88. The second-order valence-corrected chi connectivity index (χ2v) is 13.2. The van der Waals surface area contributed by atoms with Gasteiger partial charge in [-0.2, -0.15) is 15.4 Å². The number of rotatable bonds is 7. The van der Waals surface area contributed by atoms with Crippen molar-refractivity contribution in [2.45, 2.75) is 57.0 Å². The molecule has 3 N–H and O–H groups in total. The smallest absolute Gasteiger partial charge is 0.322 e. The maximum atomic E-state index is 14.1. The number of likely N-dealkylation sites (tertiary alicyclic amines) is 2. The third-order valence-electron chi connectivity index (χ3n) is 10.5. The number of para-hydroxylation sites is 1. The fourth-order valence-electron chi connectivity index (χ4n) is 7.81. The molecule has 0 bridgehead atoms. The number of anilines is 1. The Balaban J connectivity index is 0.986. The number of amides is 4. The van der Waals surface area contributed by atoms with Gasteiger partial charge in [0, 0.05) is 83.1 Å². The molecular formula is C34H45N9O3. The predicted octanol–water partition coefficient (Wildman–Crippen LogP) is 2.48. The van der Waals surface area contributed by atoms with Crippen LogP contribution in [0.2, 0.25) is 0 Å². The Morgan fingerprint density at radius 1 is 0.826 bits per heavy atom. The normalized spacial score (nSPS) is 21.1.